The van der Waals surface area contributed by atoms with Crippen LogP contribution in [0.1, 0.15) is 6.42 Å². The molecule has 1 unspecified atom stereocenters. The average molecular weight is 241 g/mol. The van der Waals surface area contributed by atoms with Gasteiger partial charge in [0.25, 0.3) is 5.70 Å². The molecule has 1 aliphatic heterocycles. The van der Waals surface area contributed by atoms with Gasteiger partial charge in [-0.15, -0.1) is 0 Å². The van der Waals surface area contributed by atoms with Crippen LogP contribution in [-0.4, -0.2) is 43.2 Å². The van der Waals surface area contributed by atoms with E-state index in [0.29, 0.717) is 12.1 Å². The minimum atomic E-state index is -0.607. The standard InChI is InChI=1S/C10H19N5O2/c1-12-10(4-5-14(2)3)9(11)6-8(7-13-10)15(16)17/h6-7,12-13H,4-5,11H2,1-3H3. The zero-order valence-electron chi connectivity index (χ0n) is 10.4. The van der Waals surface area contributed by atoms with Gasteiger partial charge in [0, 0.05) is 19.0 Å². The molecule has 0 aliphatic carbocycles. The first-order valence-corrected chi connectivity index (χ1v) is 5.35. The number of hydrogen-bond donors (Lipinski definition) is 3. The van der Waals surface area contributed by atoms with Crippen LogP contribution in [0.4, 0.5) is 0 Å². The molecule has 1 heterocycles. The number of likely N-dealkylation sites (N-methyl/N-ethyl adjacent to an activating group) is 1. The van der Waals surface area contributed by atoms with Crippen molar-refractivity contribution in [2.24, 2.45) is 5.73 Å². The van der Waals surface area contributed by atoms with Crippen molar-refractivity contribution in [3.05, 3.63) is 33.8 Å². The molecule has 0 aromatic rings. The van der Waals surface area contributed by atoms with Gasteiger partial charge in [0.1, 0.15) is 5.66 Å². The molecule has 0 radical (unpaired) electrons. The first-order chi connectivity index (χ1) is 7.91. The van der Waals surface area contributed by atoms with Crippen LogP contribution in [-0.2, 0) is 0 Å². The van der Waals surface area contributed by atoms with Gasteiger partial charge in [-0.05, 0) is 21.1 Å². The molecule has 96 valence electrons. The summed E-state index contributed by atoms with van der Waals surface area (Å²) in [5.74, 6) is 0. The number of nitrogens with zero attached hydrogens (tertiary/aromatic N) is 2. The molecular weight excluding hydrogens is 222 g/mol. The molecule has 1 rings (SSSR count). The number of dihydropyridines is 1. The van der Waals surface area contributed by atoms with E-state index in [1.165, 1.54) is 12.3 Å². The molecule has 4 N–H and O–H groups in total. The van der Waals surface area contributed by atoms with Crippen molar-refractivity contribution in [3.8, 4) is 0 Å². The predicted molar refractivity (Wildman–Crippen MR) is 65.4 cm³/mol. The lowest BCUT2D eigenvalue weighted by Gasteiger charge is -2.36. The van der Waals surface area contributed by atoms with Crippen LogP contribution >= 0.6 is 0 Å². The predicted octanol–water partition coefficient (Wildman–Crippen LogP) is -0.582. The van der Waals surface area contributed by atoms with Gasteiger partial charge < -0.3 is 16.0 Å². The highest BCUT2D eigenvalue weighted by molar-refractivity contribution is 5.29. The first-order valence-electron chi connectivity index (χ1n) is 5.35. The maximum absolute atomic E-state index is 10.6. The molecule has 0 saturated carbocycles. The fourth-order valence-electron chi connectivity index (χ4n) is 1.66. The fraction of sp³-hybridized carbons (Fsp3) is 0.600. The highest BCUT2D eigenvalue weighted by Gasteiger charge is 2.34. The summed E-state index contributed by atoms with van der Waals surface area (Å²) in [5, 5.41) is 16.7. The molecular formula is C10H19N5O2. The van der Waals surface area contributed by atoms with E-state index in [-0.39, 0.29) is 5.70 Å². The van der Waals surface area contributed by atoms with Crippen LogP contribution < -0.4 is 16.4 Å². The number of allylic oxidation sites excluding steroid dienone is 1. The fourth-order valence-corrected chi connectivity index (χ4v) is 1.66. The lowest BCUT2D eigenvalue weighted by molar-refractivity contribution is -0.420. The minimum absolute atomic E-state index is 0.0294. The van der Waals surface area contributed by atoms with E-state index in [2.05, 4.69) is 10.6 Å². The molecule has 17 heavy (non-hydrogen) atoms. The lowest BCUT2D eigenvalue weighted by atomic mass is 9.98. The highest BCUT2D eigenvalue weighted by Crippen LogP contribution is 2.20. The van der Waals surface area contributed by atoms with Crippen LogP contribution in [0.3, 0.4) is 0 Å². The van der Waals surface area contributed by atoms with Gasteiger partial charge in [0.2, 0.25) is 0 Å². The molecule has 0 amide bonds. The molecule has 0 fully saturated rings. The van der Waals surface area contributed by atoms with Crippen molar-refractivity contribution < 1.29 is 4.92 Å². The molecule has 0 bridgehead atoms. The largest absolute Gasteiger partial charge is 0.399 e. The van der Waals surface area contributed by atoms with Gasteiger partial charge in [-0.25, -0.2) is 0 Å². The van der Waals surface area contributed by atoms with Gasteiger partial charge in [0.15, 0.2) is 0 Å². The number of nitrogens with one attached hydrogen (secondary N) is 2. The average Bonchev–Trinajstić information content (AvgIpc) is 2.27. The third-order valence-corrected chi connectivity index (χ3v) is 2.83. The third-order valence-electron chi connectivity index (χ3n) is 2.83. The third kappa shape index (κ3) is 2.95. The molecule has 0 aromatic heterocycles. The number of rotatable bonds is 5. The van der Waals surface area contributed by atoms with Crippen molar-refractivity contribution >= 4 is 0 Å². The summed E-state index contributed by atoms with van der Waals surface area (Å²) in [6.45, 7) is 0.810. The molecule has 0 spiro atoms. The summed E-state index contributed by atoms with van der Waals surface area (Å²) in [4.78, 5) is 12.2. The van der Waals surface area contributed by atoms with E-state index in [1.54, 1.807) is 7.05 Å². The second-order valence-electron chi connectivity index (χ2n) is 4.28. The number of nitro groups is 1. The van der Waals surface area contributed by atoms with E-state index in [1.807, 2.05) is 19.0 Å². The Morgan fingerprint density at radius 1 is 1.65 bits per heavy atom. The van der Waals surface area contributed by atoms with Crippen molar-refractivity contribution in [2.75, 3.05) is 27.7 Å². The first kappa shape index (κ1) is 13.5. The van der Waals surface area contributed by atoms with Crippen molar-refractivity contribution in [1.82, 2.24) is 15.5 Å². The Morgan fingerprint density at radius 3 is 2.71 bits per heavy atom. The van der Waals surface area contributed by atoms with E-state index in [4.69, 9.17) is 5.73 Å². The topological polar surface area (TPSA) is 96.5 Å². The monoisotopic (exact) mass is 241 g/mol. The molecule has 7 heteroatoms. The maximum Gasteiger partial charge on any atom is 0.286 e. The second kappa shape index (κ2) is 5.15. The van der Waals surface area contributed by atoms with Crippen molar-refractivity contribution in [1.29, 1.82) is 0 Å². The second-order valence-corrected chi connectivity index (χ2v) is 4.28. The van der Waals surface area contributed by atoms with Gasteiger partial charge in [0.05, 0.1) is 16.8 Å². The molecule has 1 atom stereocenters. The molecule has 0 saturated heterocycles. The zero-order valence-corrected chi connectivity index (χ0v) is 10.4. The van der Waals surface area contributed by atoms with E-state index >= 15 is 0 Å². The normalized spacial score (nSPS) is 24.0. The lowest BCUT2D eigenvalue weighted by Crippen LogP contribution is -2.59. The van der Waals surface area contributed by atoms with Crippen LogP contribution in [0.5, 0.6) is 0 Å². The van der Waals surface area contributed by atoms with E-state index in [0.717, 1.165) is 6.54 Å². The minimum Gasteiger partial charge on any atom is -0.399 e. The Morgan fingerprint density at radius 2 is 2.29 bits per heavy atom. The van der Waals surface area contributed by atoms with E-state index < -0.39 is 10.6 Å². The van der Waals surface area contributed by atoms with Crippen molar-refractivity contribution in [3.63, 3.8) is 0 Å². The zero-order chi connectivity index (χ0) is 13.1. The summed E-state index contributed by atoms with van der Waals surface area (Å²) in [7, 11) is 5.70. The highest BCUT2D eigenvalue weighted by atomic mass is 16.6. The smallest absolute Gasteiger partial charge is 0.286 e. The van der Waals surface area contributed by atoms with Gasteiger partial charge in [-0.2, -0.15) is 0 Å². The van der Waals surface area contributed by atoms with Gasteiger partial charge in [-0.1, -0.05) is 0 Å². The summed E-state index contributed by atoms with van der Waals surface area (Å²) < 4.78 is 0. The Balaban J connectivity index is 2.84. The van der Waals surface area contributed by atoms with Crippen LogP contribution in [0, 0.1) is 10.1 Å². The Hall–Kier alpha value is -1.60. The quantitative estimate of drug-likeness (QED) is 0.440. The van der Waals surface area contributed by atoms with Crippen LogP contribution in [0.25, 0.3) is 0 Å². The molecule has 1 aliphatic rings. The number of nitrogens with two attached hydrogens (primary N) is 1. The van der Waals surface area contributed by atoms with Gasteiger partial charge in [-0.3, -0.25) is 15.4 Å². The maximum atomic E-state index is 10.6. The summed E-state index contributed by atoms with van der Waals surface area (Å²) in [6, 6.07) is 0. The molecule has 0 aromatic carbocycles. The SMILES string of the molecule is CNC1(CCN(C)C)NC=C([N+](=O)[O-])C=C1N. The summed E-state index contributed by atoms with van der Waals surface area (Å²) in [6.07, 6.45) is 3.48. The number of hydrogen-bond acceptors (Lipinski definition) is 6. The Kier molecular flexibility index (Phi) is 4.08. The summed E-state index contributed by atoms with van der Waals surface area (Å²) >= 11 is 0. The van der Waals surface area contributed by atoms with Gasteiger partial charge >= 0.3 is 0 Å². The van der Waals surface area contributed by atoms with Crippen LogP contribution in [0.15, 0.2) is 23.7 Å². The summed E-state index contributed by atoms with van der Waals surface area (Å²) in [5.41, 5.74) is 5.70. The Labute approximate surface area is 100 Å². The van der Waals surface area contributed by atoms with Crippen molar-refractivity contribution in [2.45, 2.75) is 12.1 Å². The van der Waals surface area contributed by atoms with Crippen LogP contribution in [0.2, 0.25) is 0 Å². The molecule has 7 nitrogen and oxygen atoms in total. The van der Waals surface area contributed by atoms with E-state index in [9.17, 15) is 10.1 Å². The Bertz CT molecular complexity index is 364.